The average molecular weight is 306 g/mol. The Labute approximate surface area is 130 Å². The minimum Gasteiger partial charge on any atom is -0.388 e. The van der Waals surface area contributed by atoms with Crippen molar-refractivity contribution in [2.75, 3.05) is 19.6 Å². The summed E-state index contributed by atoms with van der Waals surface area (Å²) >= 11 is 5.05. The molecular formula is C15H22N4OS. The zero-order valence-electron chi connectivity index (χ0n) is 12.3. The predicted octanol–water partition coefficient (Wildman–Crippen LogP) is 1.06. The molecule has 1 aliphatic rings. The lowest BCUT2D eigenvalue weighted by Gasteiger charge is -2.32. The van der Waals surface area contributed by atoms with E-state index < -0.39 is 0 Å². The number of nitrogens with two attached hydrogens (primary N) is 1. The maximum atomic E-state index is 10.9. The van der Waals surface area contributed by atoms with Crippen LogP contribution in [0.2, 0.25) is 0 Å². The van der Waals surface area contributed by atoms with Crippen molar-refractivity contribution in [3.8, 4) is 0 Å². The SMILES string of the molecule is CC(=O)NCC1CCN(Cc2cccnc2C(N)=S)CC1. The van der Waals surface area contributed by atoms with Crippen molar-refractivity contribution < 1.29 is 4.79 Å². The fraction of sp³-hybridized carbons (Fsp3) is 0.533. The number of likely N-dealkylation sites (tertiary alicyclic amines) is 1. The Balaban J connectivity index is 1.86. The number of carbonyl (C=O) groups excluding carboxylic acids is 1. The van der Waals surface area contributed by atoms with Crippen LogP contribution in [0.1, 0.15) is 31.0 Å². The standard InChI is InChI=1S/C15H22N4OS/c1-11(20)18-9-12-4-7-19(8-5-12)10-13-3-2-6-17-14(13)15(16)21/h2-3,6,12H,4-5,7-10H2,1H3,(H2,16,21)(H,18,20). The highest BCUT2D eigenvalue weighted by Crippen LogP contribution is 2.19. The van der Waals surface area contributed by atoms with Crippen molar-refractivity contribution >= 4 is 23.1 Å². The van der Waals surface area contributed by atoms with Gasteiger partial charge in [0.1, 0.15) is 10.7 Å². The van der Waals surface area contributed by atoms with E-state index in [2.05, 4.69) is 15.2 Å². The fourth-order valence-corrected chi connectivity index (χ4v) is 2.85. The third-order valence-electron chi connectivity index (χ3n) is 3.87. The molecule has 0 atom stereocenters. The highest BCUT2D eigenvalue weighted by Gasteiger charge is 2.20. The van der Waals surface area contributed by atoms with Gasteiger partial charge >= 0.3 is 0 Å². The van der Waals surface area contributed by atoms with Crippen LogP contribution in [-0.4, -0.2) is 40.4 Å². The molecule has 21 heavy (non-hydrogen) atoms. The van der Waals surface area contributed by atoms with E-state index in [0.717, 1.165) is 50.3 Å². The van der Waals surface area contributed by atoms with Crippen LogP contribution in [0.15, 0.2) is 18.3 Å². The van der Waals surface area contributed by atoms with Gasteiger partial charge in [-0.2, -0.15) is 0 Å². The van der Waals surface area contributed by atoms with Crippen LogP contribution in [-0.2, 0) is 11.3 Å². The maximum absolute atomic E-state index is 10.9. The van der Waals surface area contributed by atoms with E-state index in [0.29, 0.717) is 10.9 Å². The Bertz CT molecular complexity index is 512. The number of amides is 1. The minimum atomic E-state index is 0.0499. The van der Waals surface area contributed by atoms with Gasteiger partial charge in [0.15, 0.2) is 0 Å². The van der Waals surface area contributed by atoms with Crippen LogP contribution >= 0.6 is 12.2 Å². The first kappa shape index (κ1) is 15.9. The fourth-order valence-electron chi connectivity index (χ4n) is 2.67. The highest BCUT2D eigenvalue weighted by molar-refractivity contribution is 7.80. The van der Waals surface area contributed by atoms with Crippen LogP contribution in [0.5, 0.6) is 0 Å². The number of hydrogen-bond donors (Lipinski definition) is 2. The maximum Gasteiger partial charge on any atom is 0.216 e. The zero-order chi connectivity index (χ0) is 15.2. The van der Waals surface area contributed by atoms with Crippen molar-refractivity contribution in [3.63, 3.8) is 0 Å². The first-order valence-electron chi connectivity index (χ1n) is 7.26. The second-order valence-electron chi connectivity index (χ2n) is 5.53. The van der Waals surface area contributed by atoms with Gasteiger partial charge in [-0.1, -0.05) is 18.3 Å². The third kappa shape index (κ3) is 4.75. The summed E-state index contributed by atoms with van der Waals surface area (Å²) in [5.74, 6) is 0.628. The summed E-state index contributed by atoms with van der Waals surface area (Å²) in [4.78, 5) is 18.0. The largest absolute Gasteiger partial charge is 0.388 e. The molecule has 0 aliphatic carbocycles. The molecule has 2 heterocycles. The molecule has 1 saturated heterocycles. The lowest BCUT2D eigenvalue weighted by molar-refractivity contribution is -0.119. The lowest BCUT2D eigenvalue weighted by Crippen LogP contribution is -2.38. The summed E-state index contributed by atoms with van der Waals surface area (Å²) < 4.78 is 0. The number of pyridine rings is 1. The zero-order valence-corrected chi connectivity index (χ0v) is 13.2. The van der Waals surface area contributed by atoms with Crippen LogP contribution in [0.3, 0.4) is 0 Å². The molecule has 1 aromatic heterocycles. The molecule has 3 N–H and O–H groups in total. The number of carbonyl (C=O) groups is 1. The summed E-state index contributed by atoms with van der Waals surface area (Å²) in [5.41, 5.74) is 7.54. The van der Waals surface area contributed by atoms with Crippen molar-refractivity contribution in [1.82, 2.24) is 15.2 Å². The summed E-state index contributed by atoms with van der Waals surface area (Å²) in [7, 11) is 0. The molecule has 0 saturated carbocycles. The van der Waals surface area contributed by atoms with E-state index in [1.54, 1.807) is 13.1 Å². The molecular weight excluding hydrogens is 284 g/mol. The van der Waals surface area contributed by atoms with Gasteiger partial charge in [-0.05, 0) is 43.5 Å². The van der Waals surface area contributed by atoms with E-state index in [1.165, 1.54) is 0 Å². The van der Waals surface area contributed by atoms with Crippen molar-refractivity contribution in [2.45, 2.75) is 26.3 Å². The van der Waals surface area contributed by atoms with Crippen molar-refractivity contribution in [3.05, 3.63) is 29.6 Å². The molecule has 1 fully saturated rings. The predicted molar refractivity (Wildman–Crippen MR) is 86.8 cm³/mol. The van der Waals surface area contributed by atoms with Gasteiger partial charge in [-0.15, -0.1) is 0 Å². The van der Waals surface area contributed by atoms with Gasteiger partial charge in [0.05, 0.1) is 0 Å². The van der Waals surface area contributed by atoms with Crippen LogP contribution in [0.25, 0.3) is 0 Å². The lowest BCUT2D eigenvalue weighted by atomic mass is 9.96. The van der Waals surface area contributed by atoms with Crippen LogP contribution in [0, 0.1) is 5.92 Å². The second kappa shape index (κ2) is 7.47. The number of thiocarbonyl (C=S) groups is 1. The molecule has 0 spiro atoms. The Morgan fingerprint density at radius 1 is 1.52 bits per heavy atom. The van der Waals surface area contributed by atoms with E-state index >= 15 is 0 Å². The molecule has 1 aromatic rings. The van der Waals surface area contributed by atoms with Gasteiger partial charge in [0.2, 0.25) is 5.91 Å². The van der Waals surface area contributed by atoms with Crippen molar-refractivity contribution in [1.29, 1.82) is 0 Å². The van der Waals surface area contributed by atoms with Crippen LogP contribution < -0.4 is 11.1 Å². The van der Waals surface area contributed by atoms with Crippen molar-refractivity contribution in [2.24, 2.45) is 11.7 Å². The number of hydrogen-bond acceptors (Lipinski definition) is 4. The topological polar surface area (TPSA) is 71.2 Å². The van der Waals surface area contributed by atoms with Gasteiger partial charge in [-0.3, -0.25) is 14.7 Å². The monoisotopic (exact) mass is 306 g/mol. The Morgan fingerprint density at radius 3 is 2.86 bits per heavy atom. The first-order chi connectivity index (χ1) is 10.1. The molecule has 1 aliphatic heterocycles. The molecule has 5 nitrogen and oxygen atoms in total. The average Bonchev–Trinajstić information content (AvgIpc) is 2.47. The molecule has 2 rings (SSSR count). The molecule has 114 valence electrons. The van der Waals surface area contributed by atoms with E-state index in [-0.39, 0.29) is 5.91 Å². The second-order valence-corrected chi connectivity index (χ2v) is 5.97. The summed E-state index contributed by atoms with van der Waals surface area (Å²) in [6.45, 7) is 5.22. The Hall–Kier alpha value is -1.53. The van der Waals surface area contributed by atoms with Gasteiger partial charge < -0.3 is 11.1 Å². The Kier molecular flexibility index (Phi) is 5.64. The van der Waals surface area contributed by atoms with E-state index in [9.17, 15) is 4.79 Å². The summed E-state index contributed by atoms with van der Waals surface area (Å²) in [6, 6.07) is 3.95. The van der Waals surface area contributed by atoms with E-state index in [4.69, 9.17) is 18.0 Å². The molecule has 0 bridgehead atoms. The summed E-state index contributed by atoms with van der Waals surface area (Å²) in [6.07, 6.45) is 3.92. The quantitative estimate of drug-likeness (QED) is 0.796. The smallest absolute Gasteiger partial charge is 0.216 e. The molecule has 6 heteroatoms. The molecule has 0 unspecified atom stereocenters. The molecule has 0 radical (unpaired) electrons. The van der Waals surface area contributed by atoms with Gasteiger partial charge in [-0.25, -0.2) is 0 Å². The van der Waals surface area contributed by atoms with Gasteiger partial charge in [0.25, 0.3) is 0 Å². The van der Waals surface area contributed by atoms with Gasteiger partial charge in [0, 0.05) is 26.2 Å². The third-order valence-corrected chi connectivity index (χ3v) is 4.06. The first-order valence-corrected chi connectivity index (χ1v) is 7.67. The normalized spacial score (nSPS) is 16.6. The highest BCUT2D eigenvalue weighted by atomic mass is 32.1. The Morgan fingerprint density at radius 2 is 2.24 bits per heavy atom. The molecule has 0 aromatic carbocycles. The number of nitrogens with zero attached hydrogens (tertiary/aromatic N) is 2. The van der Waals surface area contributed by atoms with E-state index in [1.807, 2.05) is 12.1 Å². The summed E-state index contributed by atoms with van der Waals surface area (Å²) in [5, 5.41) is 2.90. The van der Waals surface area contributed by atoms with Crippen LogP contribution in [0.4, 0.5) is 0 Å². The molecule has 1 amide bonds. The minimum absolute atomic E-state index is 0.0499. The number of nitrogens with one attached hydrogen (secondary N) is 1. The number of piperidine rings is 1. The number of aromatic nitrogens is 1. The number of rotatable bonds is 5.